The zero-order valence-electron chi connectivity index (χ0n) is 12.5. The fourth-order valence-corrected chi connectivity index (χ4v) is 2.56. The van der Waals surface area contributed by atoms with Crippen LogP contribution in [0.25, 0.3) is 0 Å². The molecule has 2 N–H and O–H groups in total. The monoisotopic (exact) mass is 370 g/mol. The van der Waals surface area contributed by atoms with Crippen LogP contribution in [0.5, 0.6) is 0 Å². The number of halogens is 1. The molecule has 0 spiro atoms. The van der Waals surface area contributed by atoms with E-state index in [-0.39, 0.29) is 18.4 Å². The molecule has 0 saturated carbocycles. The Morgan fingerprint density at radius 2 is 1.87 bits per heavy atom. The van der Waals surface area contributed by atoms with Crippen LogP contribution in [0.2, 0.25) is 0 Å². The molecule has 2 amide bonds. The summed E-state index contributed by atoms with van der Waals surface area (Å²) in [6.07, 6.45) is 5.14. The molecule has 0 radical (unpaired) electrons. The Kier molecular flexibility index (Phi) is 5.56. The Morgan fingerprint density at radius 3 is 2.57 bits per heavy atom. The summed E-state index contributed by atoms with van der Waals surface area (Å²) in [6, 6.07) is 12.2. The van der Waals surface area contributed by atoms with Gasteiger partial charge < -0.3 is 10.6 Å². The Bertz CT molecular complexity index is 794. The summed E-state index contributed by atoms with van der Waals surface area (Å²) < 4.78 is 0.903. The lowest BCUT2D eigenvalue weighted by atomic mass is 10.1. The highest BCUT2D eigenvalue weighted by Crippen LogP contribution is 2.19. The van der Waals surface area contributed by atoms with Crippen LogP contribution < -0.4 is 10.6 Å². The summed E-state index contributed by atoms with van der Waals surface area (Å²) in [5.74, 6) is 1.74. The van der Waals surface area contributed by atoms with Gasteiger partial charge in [-0.05, 0) is 42.8 Å². The van der Waals surface area contributed by atoms with E-state index in [0.29, 0.717) is 16.8 Å². The van der Waals surface area contributed by atoms with Crippen LogP contribution >= 0.6 is 15.9 Å². The molecule has 0 atom stereocenters. The van der Waals surface area contributed by atoms with E-state index in [0.717, 1.165) is 10.0 Å². The minimum atomic E-state index is -0.327. The molecule has 0 aromatic heterocycles. The fraction of sp³-hybridized carbons (Fsp3) is 0.111. The van der Waals surface area contributed by atoms with E-state index in [2.05, 4.69) is 32.5 Å². The molecule has 0 aliphatic rings. The largest absolute Gasteiger partial charge is 0.341 e. The summed E-state index contributed by atoms with van der Waals surface area (Å²) in [4.78, 5) is 24.5. The van der Waals surface area contributed by atoms with E-state index in [9.17, 15) is 9.59 Å². The first-order chi connectivity index (χ1) is 11.0. The predicted molar refractivity (Wildman–Crippen MR) is 94.4 cm³/mol. The van der Waals surface area contributed by atoms with Crippen LogP contribution in [-0.2, 0) is 0 Å². The molecule has 5 heteroatoms. The number of benzene rings is 2. The standard InChI is InChI=1S/C18H15BrN2O2/c1-3-10-20-17(22)15-6-4-5-7-16(15)21-18(23)14-9-8-13(19)11-12(14)2/h1,4-9,11H,10H2,2H3,(H,20,22)(H,21,23). The van der Waals surface area contributed by atoms with Crippen LogP contribution in [0.3, 0.4) is 0 Å². The number of para-hydroxylation sites is 1. The number of hydrogen-bond acceptors (Lipinski definition) is 2. The lowest BCUT2D eigenvalue weighted by Gasteiger charge is -2.12. The van der Waals surface area contributed by atoms with Crippen molar-refractivity contribution in [2.24, 2.45) is 0 Å². The molecule has 2 aromatic rings. The van der Waals surface area contributed by atoms with E-state index in [4.69, 9.17) is 6.42 Å². The van der Waals surface area contributed by atoms with E-state index in [1.807, 2.05) is 13.0 Å². The fourth-order valence-electron chi connectivity index (χ4n) is 2.09. The molecule has 0 bridgehead atoms. The van der Waals surface area contributed by atoms with Gasteiger partial charge >= 0.3 is 0 Å². The van der Waals surface area contributed by atoms with Crippen LogP contribution in [0.1, 0.15) is 26.3 Å². The molecule has 0 aliphatic heterocycles. The van der Waals surface area contributed by atoms with Gasteiger partial charge in [-0.25, -0.2) is 0 Å². The van der Waals surface area contributed by atoms with Crippen LogP contribution in [0.4, 0.5) is 5.69 Å². The molecule has 23 heavy (non-hydrogen) atoms. The second kappa shape index (κ2) is 7.61. The number of hydrogen-bond donors (Lipinski definition) is 2. The lowest BCUT2D eigenvalue weighted by Crippen LogP contribution is -2.25. The molecular weight excluding hydrogens is 356 g/mol. The van der Waals surface area contributed by atoms with Gasteiger partial charge in [-0.1, -0.05) is 34.0 Å². The van der Waals surface area contributed by atoms with Gasteiger partial charge in [0.1, 0.15) is 0 Å². The normalized spacial score (nSPS) is 9.78. The van der Waals surface area contributed by atoms with Crippen molar-refractivity contribution in [1.82, 2.24) is 5.32 Å². The van der Waals surface area contributed by atoms with E-state index in [1.54, 1.807) is 36.4 Å². The molecule has 4 nitrogen and oxygen atoms in total. The molecule has 0 saturated heterocycles. The summed E-state index contributed by atoms with van der Waals surface area (Å²) in [5, 5.41) is 5.37. The first-order valence-corrected chi connectivity index (χ1v) is 7.70. The van der Waals surface area contributed by atoms with Crippen molar-refractivity contribution >= 4 is 33.4 Å². The summed E-state index contributed by atoms with van der Waals surface area (Å²) in [7, 11) is 0. The molecule has 0 aliphatic carbocycles. The van der Waals surface area contributed by atoms with Gasteiger partial charge in [-0.2, -0.15) is 0 Å². The van der Waals surface area contributed by atoms with Gasteiger partial charge in [0, 0.05) is 10.0 Å². The zero-order chi connectivity index (χ0) is 16.8. The summed E-state index contributed by atoms with van der Waals surface area (Å²) in [5.41, 5.74) is 2.19. The maximum atomic E-state index is 12.4. The number of terminal acetylenes is 1. The number of anilines is 1. The number of nitrogens with one attached hydrogen (secondary N) is 2. The highest BCUT2D eigenvalue weighted by atomic mass is 79.9. The van der Waals surface area contributed by atoms with Crippen LogP contribution in [0.15, 0.2) is 46.9 Å². The molecule has 0 heterocycles. The van der Waals surface area contributed by atoms with Gasteiger partial charge in [-0.3, -0.25) is 9.59 Å². The minimum Gasteiger partial charge on any atom is -0.341 e. The number of carbonyl (C=O) groups is 2. The second-order valence-electron chi connectivity index (χ2n) is 4.85. The SMILES string of the molecule is C#CCNC(=O)c1ccccc1NC(=O)c1ccc(Br)cc1C. The third-order valence-electron chi connectivity index (χ3n) is 3.20. The highest BCUT2D eigenvalue weighted by molar-refractivity contribution is 9.10. The first-order valence-electron chi connectivity index (χ1n) is 6.91. The van der Waals surface area contributed by atoms with Gasteiger partial charge in [0.25, 0.3) is 11.8 Å². The van der Waals surface area contributed by atoms with Crippen molar-refractivity contribution in [3.8, 4) is 12.3 Å². The number of aryl methyl sites for hydroxylation is 1. The maximum Gasteiger partial charge on any atom is 0.255 e. The number of carbonyl (C=O) groups excluding carboxylic acids is 2. The van der Waals surface area contributed by atoms with Gasteiger partial charge in [0.05, 0.1) is 17.8 Å². The highest BCUT2D eigenvalue weighted by Gasteiger charge is 2.14. The van der Waals surface area contributed by atoms with E-state index >= 15 is 0 Å². The van der Waals surface area contributed by atoms with E-state index in [1.165, 1.54) is 0 Å². The molecule has 2 aromatic carbocycles. The average Bonchev–Trinajstić information content (AvgIpc) is 2.53. The quantitative estimate of drug-likeness (QED) is 0.810. The predicted octanol–water partition coefficient (Wildman–Crippen LogP) is 3.37. The van der Waals surface area contributed by atoms with Crippen molar-refractivity contribution in [2.75, 3.05) is 11.9 Å². The average molecular weight is 371 g/mol. The van der Waals surface area contributed by atoms with Gasteiger partial charge in [0.15, 0.2) is 0 Å². The molecule has 0 fully saturated rings. The maximum absolute atomic E-state index is 12.4. The van der Waals surface area contributed by atoms with Crippen LogP contribution in [0, 0.1) is 19.3 Å². The lowest BCUT2D eigenvalue weighted by molar-refractivity contribution is 0.0959. The Labute approximate surface area is 143 Å². The third-order valence-corrected chi connectivity index (χ3v) is 3.70. The van der Waals surface area contributed by atoms with Crippen molar-refractivity contribution in [3.63, 3.8) is 0 Å². The van der Waals surface area contributed by atoms with Crippen molar-refractivity contribution in [2.45, 2.75) is 6.92 Å². The van der Waals surface area contributed by atoms with E-state index < -0.39 is 0 Å². The summed E-state index contributed by atoms with van der Waals surface area (Å²) >= 11 is 3.37. The van der Waals surface area contributed by atoms with Gasteiger partial charge in [0.2, 0.25) is 0 Å². The minimum absolute atomic E-state index is 0.132. The zero-order valence-corrected chi connectivity index (χ0v) is 14.1. The molecular formula is C18H15BrN2O2. The number of amides is 2. The van der Waals surface area contributed by atoms with Crippen LogP contribution in [-0.4, -0.2) is 18.4 Å². The summed E-state index contributed by atoms with van der Waals surface area (Å²) in [6.45, 7) is 1.98. The van der Waals surface area contributed by atoms with Crippen molar-refractivity contribution in [1.29, 1.82) is 0 Å². The first kappa shape index (κ1) is 16.8. The smallest absolute Gasteiger partial charge is 0.255 e. The van der Waals surface area contributed by atoms with Gasteiger partial charge in [-0.15, -0.1) is 6.42 Å². The second-order valence-corrected chi connectivity index (χ2v) is 5.76. The molecule has 116 valence electrons. The van der Waals surface area contributed by atoms with Crippen molar-refractivity contribution < 1.29 is 9.59 Å². The topological polar surface area (TPSA) is 58.2 Å². The Hall–Kier alpha value is -2.58. The third kappa shape index (κ3) is 4.21. The van der Waals surface area contributed by atoms with Crippen molar-refractivity contribution in [3.05, 3.63) is 63.6 Å². The Balaban J connectivity index is 2.25. The molecule has 0 unspecified atom stereocenters. The molecule has 2 rings (SSSR count). The Morgan fingerprint density at radius 1 is 1.13 bits per heavy atom. The number of rotatable bonds is 4.